The minimum absolute atomic E-state index is 0.0417. The van der Waals surface area contributed by atoms with Gasteiger partial charge in [-0.3, -0.25) is 19.5 Å². The molecule has 1 saturated carbocycles. The van der Waals surface area contributed by atoms with Crippen molar-refractivity contribution in [3.63, 3.8) is 0 Å². The number of thioether (sulfide) groups is 1. The molecule has 0 aliphatic heterocycles. The first kappa shape index (κ1) is 21.4. The van der Waals surface area contributed by atoms with Gasteiger partial charge in [0.05, 0.1) is 16.2 Å². The van der Waals surface area contributed by atoms with Gasteiger partial charge in [-0.1, -0.05) is 50.6 Å². The number of nitrogens with one attached hydrogen (secondary N) is 2. The molecule has 2 N–H and O–H groups in total. The summed E-state index contributed by atoms with van der Waals surface area (Å²) in [4.78, 5) is 42.0. The van der Waals surface area contributed by atoms with Crippen molar-refractivity contribution >= 4 is 34.6 Å². The number of para-hydroxylation sites is 1. The van der Waals surface area contributed by atoms with Crippen LogP contribution < -0.4 is 16.2 Å². The molecule has 0 bridgehead atoms. The van der Waals surface area contributed by atoms with Crippen molar-refractivity contribution in [3.05, 3.63) is 34.6 Å². The van der Waals surface area contributed by atoms with Gasteiger partial charge in [0, 0.05) is 13.1 Å². The Morgan fingerprint density at radius 3 is 2.69 bits per heavy atom. The Bertz CT molecular complexity index is 974. The van der Waals surface area contributed by atoms with Crippen molar-refractivity contribution < 1.29 is 9.59 Å². The zero-order valence-corrected chi connectivity index (χ0v) is 18.1. The van der Waals surface area contributed by atoms with Crippen molar-refractivity contribution in [2.24, 2.45) is 11.8 Å². The summed E-state index contributed by atoms with van der Waals surface area (Å²) in [5.41, 5.74) is 0.551. The molecule has 156 valence electrons. The first-order valence-electron chi connectivity index (χ1n) is 10.0. The molecule has 29 heavy (non-hydrogen) atoms. The molecule has 1 fully saturated rings. The Labute approximate surface area is 174 Å². The molecule has 8 heteroatoms. The molecule has 1 aromatic heterocycles. The summed E-state index contributed by atoms with van der Waals surface area (Å²) >= 11 is 1.22. The van der Waals surface area contributed by atoms with Crippen LogP contribution in [0.15, 0.2) is 34.2 Å². The van der Waals surface area contributed by atoms with Crippen molar-refractivity contribution in [2.75, 3.05) is 7.05 Å². The molecule has 1 aliphatic carbocycles. The molecule has 1 heterocycles. The van der Waals surface area contributed by atoms with Crippen LogP contribution in [0.4, 0.5) is 4.79 Å². The Balaban J connectivity index is 2.04. The molecular formula is C21H28N4O3S. The van der Waals surface area contributed by atoms with E-state index in [2.05, 4.69) is 24.5 Å². The normalized spacial score (nSPS) is 22.8. The number of carbonyl (C=O) groups excluding carboxylic acids is 2. The number of benzene rings is 1. The van der Waals surface area contributed by atoms with Crippen LogP contribution in [0.5, 0.6) is 0 Å². The van der Waals surface area contributed by atoms with Crippen molar-refractivity contribution in [3.8, 4) is 0 Å². The molecule has 0 unspecified atom stereocenters. The molecule has 1 aromatic carbocycles. The number of imide groups is 1. The second-order valence-electron chi connectivity index (χ2n) is 7.75. The monoisotopic (exact) mass is 416 g/mol. The first-order chi connectivity index (χ1) is 13.8. The molecule has 3 amide bonds. The van der Waals surface area contributed by atoms with Crippen LogP contribution in [0.2, 0.25) is 0 Å². The lowest BCUT2D eigenvalue weighted by molar-refractivity contribution is -0.119. The molecular weight excluding hydrogens is 388 g/mol. The summed E-state index contributed by atoms with van der Waals surface area (Å²) in [6, 6.07) is 6.79. The van der Waals surface area contributed by atoms with Crippen LogP contribution in [0, 0.1) is 11.8 Å². The van der Waals surface area contributed by atoms with Crippen molar-refractivity contribution in [1.82, 2.24) is 20.2 Å². The van der Waals surface area contributed by atoms with E-state index in [4.69, 9.17) is 4.98 Å². The Kier molecular flexibility index (Phi) is 6.62. The second kappa shape index (κ2) is 8.98. The van der Waals surface area contributed by atoms with Gasteiger partial charge in [0.15, 0.2) is 5.16 Å². The molecule has 0 spiro atoms. The maximum Gasteiger partial charge on any atom is 0.321 e. The van der Waals surface area contributed by atoms with E-state index in [0.29, 0.717) is 27.9 Å². The van der Waals surface area contributed by atoms with Crippen LogP contribution in [-0.4, -0.2) is 33.8 Å². The smallest absolute Gasteiger partial charge is 0.321 e. The zero-order chi connectivity index (χ0) is 21.1. The summed E-state index contributed by atoms with van der Waals surface area (Å²) in [6.45, 7) is 6.12. The molecule has 0 radical (unpaired) electrons. The Hall–Kier alpha value is -2.35. The highest BCUT2D eigenvalue weighted by atomic mass is 32.2. The first-order valence-corrected chi connectivity index (χ1v) is 10.9. The van der Waals surface area contributed by atoms with Gasteiger partial charge >= 0.3 is 6.03 Å². The van der Waals surface area contributed by atoms with Gasteiger partial charge < -0.3 is 5.32 Å². The van der Waals surface area contributed by atoms with E-state index in [0.717, 1.165) is 19.3 Å². The fourth-order valence-electron chi connectivity index (χ4n) is 3.91. The summed E-state index contributed by atoms with van der Waals surface area (Å²) in [6.07, 6.45) is 3.13. The summed E-state index contributed by atoms with van der Waals surface area (Å²) in [5, 5.41) is 5.20. The lowest BCUT2D eigenvalue weighted by atomic mass is 9.78. The third-order valence-electron chi connectivity index (χ3n) is 5.89. The minimum Gasteiger partial charge on any atom is -0.341 e. The standard InChI is InChI=1S/C21H28N4O3S/c1-12-8-7-11-17(13(12)2)25-19(27)15-9-5-6-10-16(15)23-21(25)29-14(3)18(26)24-20(28)22-4/h5-6,9-10,12-14,17H,7-8,11H2,1-4H3,(H2,22,24,26,28)/t12-,13-,14+,17+/m1/s1. The summed E-state index contributed by atoms with van der Waals surface area (Å²) in [5.74, 6) is 0.422. The second-order valence-corrected chi connectivity index (χ2v) is 9.06. The van der Waals surface area contributed by atoms with Gasteiger partial charge in [-0.05, 0) is 37.3 Å². The molecule has 4 atom stereocenters. The third kappa shape index (κ3) is 4.47. The van der Waals surface area contributed by atoms with Gasteiger partial charge in [0.2, 0.25) is 5.91 Å². The Morgan fingerprint density at radius 1 is 1.24 bits per heavy atom. The van der Waals surface area contributed by atoms with Gasteiger partial charge in [0.1, 0.15) is 0 Å². The number of urea groups is 1. The van der Waals surface area contributed by atoms with Crippen LogP contribution in [-0.2, 0) is 4.79 Å². The molecule has 3 rings (SSSR count). The summed E-state index contributed by atoms with van der Waals surface area (Å²) < 4.78 is 1.79. The highest BCUT2D eigenvalue weighted by Gasteiger charge is 2.32. The quantitative estimate of drug-likeness (QED) is 0.589. The summed E-state index contributed by atoms with van der Waals surface area (Å²) in [7, 11) is 1.45. The molecule has 7 nitrogen and oxygen atoms in total. The number of hydrogen-bond acceptors (Lipinski definition) is 5. The average Bonchev–Trinajstić information content (AvgIpc) is 2.70. The molecule has 1 aliphatic rings. The van der Waals surface area contributed by atoms with Crippen LogP contribution >= 0.6 is 11.8 Å². The number of nitrogens with zero attached hydrogens (tertiary/aromatic N) is 2. The van der Waals surface area contributed by atoms with Gasteiger partial charge in [-0.15, -0.1) is 0 Å². The number of aromatic nitrogens is 2. The highest BCUT2D eigenvalue weighted by Crippen LogP contribution is 2.39. The lowest BCUT2D eigenvalue weighted by Gasteiger charge is -2.36. The third-order valence-corrected chi connectivity index (χ3v) is 6.95. The van der Waals surface area contributed by atoms with E-state index in [1.165, 1.54) is 18.8 Å². The van der Waals surface area contributed by atoms with E-state index in [-0.39, 0.29) is 11.6 Å². The predicted octanol–water partition coefficient (Wildman–Crippen LogP) is 3.33. The highest BCUT2D eigenvalue weighted by molar-refractivity contribution is 8.00. The number of carbonyl (C=O) groups is 2. The van der Waals surface area contributed by atoms with E-state index in [9.17, 15) is 14.4 Å². The maximum absolute atomic E-state index is 13.4. The van der Waals surface area contributed by atoms with Crippen LogP contribution in [0.1, 0.15) is 46.1 Å². The number of fused-ring (bicyclic) bond motifs is 1. The topological polar surface area (TPSA) is 93.1 Å². The van der Waals surface area contributed by atoms with Gasteiger partial charge in [-0.25, -0.2) is 9.78 Å². The van der Waals surface area contributed by atoms with E-state index in [1.807, 2.05) is 18.2 Å². The van der Waals surface area contributed by atoms with Gasteiger partial charge in [0.25, 0.3) is 5.56 Å². The number of hydrogen-bond donors (Lipinski definition) is 2. The average molecular weight is 417 g/mol. The van der Waals surface area contributed by atoms with Crippen molar-refractivity contribution in [2.45, 2.75) is 56.5 Å². The molecule has 2 aromatic rings. The van der Waals surface area contributed by atoms with E-state index >= 15 is 0 Å². The van der Waals surface area contributed by atoms with Gasteiger partial charge in [-0.2, -0.15) is 0 Å². The minimum atomic E-state index is -0.581. The Morgan fingerprint density at radius 2 is 1.97 bits per heavy atom. The van der Waals surface area contributed by atoms with Crippen LogP contribution in [0.3, 0.4) is 0 Å². The SMILES string of the molecule is CNC(=O)NC(=O)[C@H](C)Sc1nc2ccccc2c(=O)n1[C@H]1CCC[C@@H](C)[C@H]1C. The van der Waals surface area contributed by atoms with Crippen LogP contribution in [0.25, 0.3) is 10.9 Å². The zero-order valence-electron chi connectivity index (χ0n) is 17.3. The lowest BCUT2D eigenvalue weighted by Crippen LogP contribution is -2.41. The fourth-order valence-corrected chi connectivity index (χ4v) is 4.87. The largest absolute Gasteiger partial charge is 0.341 e. The predicted molar refractivity (Wildman–Crippen MR) is 115 cm³/mol. The fraction of sp³-hybridized carbons (Fsp3) is 0.524. The van der Waals surface area contributed by atoms with E-state index in [1.54, 1.807) is 17.6 Å². The number of rotatable bonds is 4. The maximum atomic E-state index is 13.4. The van der Waals surface area contributed by atoms with Crippen molar-refractivity contribution in [1.29, 1.82) is 0 Å². The molecule has 0 saturated heterocycles. The van der Waals surface area contributed by atoms with E-state index < -0.39 is 17.2 Å². The number of amides is 3.